The van der Waals surface area contributed by atoms with Crippen LogP contribution in [0.15, 0.2) is 55.4 Å². The molecule has 4 aromatic heterocycles. The molecule has 5 heterocycles. The van der Waals surface area contributed by atoms with Crippen molar-refractivity contribution in [2.75, 3.05) is 23.3 Å². The van der Waals surface area contributed by atoms with Crippen LogP contribution in [0.5, 0.6) is 0 Å². The molecule has 168 valence electrons. The molecule has 0 unspecified atom stereocenters. The Balaban J connectivity index is 1.35. The number of nitrogens with one attached hydrogen (secondary N) is 1. The maximum absolute atomic E-state index is 13.5. The Morgan fingerprint density at radius 1 is 1.06 bits per heavy atom. The number of rotatable bonds is 4. The standard InChI is InChI=1S/C23H21F2N7O/c1-31-14-26-13-19(31)17-8-16-9-20(29-12-18(16)28-11-17)30-22(33)15-2-5-27-21(10-15)32-6-3-23(24,25)4-7-32/h2,5,8-14H,3-4,6-7H2,1H3,(H,29,30,33). The summed E-state index contributed by atoms with van der Waals surface area (Å²) < 4.78 is 28.8. The number of anilines is 2. The lowest BCUT2D eigenvalue weighted by atomic mass is 10.1. The Hall–Kier alpha value is -3.95. The van der Waals surface area contributed by atoms with Gasteiger partial charge in [-0.15, -0.1) is 0 Å². The molecule has 0 saturated carbocycles. The van der Waals surface area contributed by atoms with Gasteiger partial charge in [0.05, 0.1) is 29.9 Å². The van der Waals surface area contributed by atoms with Gasteiger partial charge < -0.3 is 14.8 Å². The van der Waals surface area contributed by atoms with Crippen LogP contribution in [-0.2, 0) is 7.05 Å². The maximum Gasteiger partial charge on any atom is 0.257 e. The lowest BCUT2D eigenvalue weighted by Gasteiger charge is -2.32. The van der Waals surface area contributed by atoms with Crippen LogP contribution in [0.1, 0.15) is 23.2 Å². The van der Waals surface area contributed by atoms with Crippen LogP contribution < -0.4 is 10.2 Å². The van der Waals surface area contributed by atoms with Gasteiger partial charge in [-0.2, -0.15) is 0 Å². The third-order valence-electron chi connectivity index (χ3n) is 5.75. The molecule has 1 N–H and O–H groups in total. The van der Waals surface area contributed by atoms with Gasteiger partial charge in [-0.1, -0.05) is 0 Å². The highest BCUT2D eigenvalue weighted by Gasteiger charge is 2.34. The molecule has 5 rings (SSSR count). The fourth-order valence-electron chi connectivity index (χ4n) is 3.86. The van der Waals surface area contributed by atoms with E-state index in [1.54, 1.807) is 48.0 Å². The van der Waals surface area contributed by atoms with Gasteiger partial charge in [0.25, 0.3) is 11.8 Å². The van der Waals surface area contributed by atoms with E-state index in [1.807, 2.05) is 17.7 Å². The number of imidazole rings is 1. The molecule has 1 aliphatic rings. The Labute approximate surface area is 188 Å². The molecule has 8 nitrogen and oxygen atoms in total. The third kappa shape index (κ3) is 4.36. The maximum atomic E-state index is 13.5. The highest BCUT2D eigenvalue weighted by atomic mass is 19.3. The smallest absolute Gasteiger partial charge is 0.257 e. The average Bonchev–Trinajstić information content (AvgIpc) is 3.24. The van der Waals surface area contributed by atoms with Crippen molar-refractivity contribution < 1.29 is 13.6 Å². The predicted molar refractivity (Wildman–Crippen MR) is 120 cm³/mol. The van der Waals surface area contributed by atoms with Crippen LogP contribution in [0, 0.1) is 0 Å². The first-order chi connectivity index (χ1) is 15.9. The second kappa shape index (κ2) is 8.19. The van der Waals surface area contributed by atoms with Crippen molar-refractivity contribution in [3.63, 3.8) is 0 Å². The number of fused-ring (bicyclic) bond motifs is 1. The first-order valence-corrected chi connectivity index (χ1v) is 10.5. The molecular weight excluding hydrogens is 428 g/mol. The summed E-state index contributed by atoms with van der Waals surface area (Å²) in [6.07, 6.45) is 7.91. The number of alkyl halides is 2. The molecule has 1 fully saturated rings. The summed E-state index contributed by atoms with van der Waals surface area (Å²) in [7, 11) is 1.91. The highest BCUT2D eigenvalue weighted by Crippen LogP contribution is 2.30. The zero-order valence-corrected chi connectivity index (χ0v) is 17.9. The van der Waals surface area contributed by atoms with Crippen molar-refractivity contribution in [1.29, 1.82) is 0 Å². The number of nitrogens with zero attached hydrogens (tertiary/aromatic N) is 6. The van der Waals surface area contributed by atoms with Crippen molar-refractivity contribution in [3.05, 3.63) is 60.9 Å². The minimum atomic E-state index is -2.64. The summed E-state index contributed by atoms with van der Waals surface area (Å²) >= 11 is 0. The summed E-state index contributed by atoms with van der Waals surface area (Å²) in [6.45, 7) is 0.395. The zero-order valence-electron chi connectivity index (χ0n) is 17.9. The van der Waals surface area contributed by atoms with E-state index in [1.165, 1.54) is 6.20 Å². The number of pyridine rings is 3. The Bertz CT molecular complexity index is 1330. The van der Waals surface area contributed by atoms with Gasteiger partial charge in [-0.3, -0.25) is 9.78 Å². The molecule has 1 aliphatic heterocycles. The quantitative estimate of drug-likeness (QED) is 0.508. The lowest BCUT2D eigenvalue weighted by Crippen LogP contribution is -2.39. The molecule has 4 aromatic rings. The molecule has 0 aromatic carbocycles. The van der Waals surface area contributed by atoms with Crippen LogP contribution in [0.4, 0.5) is 20.4 Å². The Kier molecular flexibility index (Phi) is 5.20. The van der Waals surface area contributed by atoms with Gasteiger partial charge in [0.15, 0.2) is 0 Å². The molecule has 1 saturated heterocycles. The van der Waals surface area contributed by atoms with Gasteiger partial charge >= 0.3 is 0 Å². The summed E-state index contributed by atoms with van der Waals surface area (Å²) in [4.78, 5) is 31.7. The Morgan fingerprint density at radius 3 is 2.64 bits per heavy atom. The van der Waals surface area contributed by atoms with Crippen molar-refractivity contribution in [2.24, 2.45) is 7.05 Å². The topological polar surface area (TPSA) is 88.8 Å². The molecule has 0 spiro atoms. The third-order valence-corrected chi connectivity index (χ3v) is 5.75. The predicted octanol–water partition coefficient (Wildman–Crippen LogP) is 3.91. The van der Waals surface area contributed by atoms with Crippen LogP contribution in [0.25, 0.3) is 22.2 Å². The summed E-state index contributed by atoms with van der Waals surface area (Å²) in [5.74, 6) is -2.11. The zero-order chi connectivity index (χ0) is 23.0. The molecule has 10 heteroatoms. The number of piperidine rings is 1. The first-order valence-electron chi connectivity index (χ1n) is 10.5. The fourth-order valence-corrected chi connectivity index (χ4v) is 3.86. The number of hydrogen-bond acceptors (Lipinski definition) is 6. The monoisotopic (exact) mass is 449 g/mol. The van der Waals surface area contributed by atoms with E-state index >= 15 is 0 Å². The van der Waals surface area contributed by atoms with Gasteiger partial charge in [-0.25, -0.2) is 23.7 Å². The van der Waals surface area contributed by atoms with Crippen LogP contribution in [0.2, 0.25) is 0 Å². The molecule has 33 heavy (non-hydrogen) atoms. The normalized spacial score (nSPS) is 15.5. The number of aryl methyl sites for hydroxylation is 1. The number of halogens is 2. The highest BCUT2D eigenvalue weighted by molar-refractivity contribution is 6.04. The second-order valence-electron chi connectivity index (χ2n) is 8.08. The lowest BCUT2D eigenvalue weighted by molar-refractivity contribution is -0.0221. The van der Waals surface area contributed by atoms with E-state index in [4.69, 9.17) is 0 Å². The largest absolute Gasteiger partial charge is 0.356 e. The molecule has 0 radical (unpaired) electrons. The van der Waals surface area contributed by atoms with Gasteiger partial charge in [-0.05, 0) is 24.3 Å². The SMILES string of the molecule is Cn1cncc1-c1cnc2cnc(NC(=O)c3ccnc(N4CCC(F)(F)CC4)c3)cc2c1. The molecule has 1 amide bonds. The van der Waals surface area contributed by atoms with Gasteiger partial charge in [0.1, 0.15) is 11.6 Å². The van der Waals surface area contributed by atoms with Crippen LogP contribution in [0.3, 0.4) is 0 Å². The van der Waals surface area contributed by atoms with E-state index in [-0.39, 0.29) is 31.8 Å². The van der Waals surface area contributed by atoms with Gasteiger partial charge in [0.2, 0.25) is 0 Å². The number of carbonyl (C=O) groups excluding carboxylic acids is 1. The van der Waals surface area contributed by atoms with E-state index in [0.29, 0.717) is 22.7 Å². The second-order valence-corrected chi connectivity index (χ2v) is 8.08. The van der Waals surface area contributed by atoms with Crippen molar-refractivity contribution in [3.8, 4) is 11.3 Å². The average molecular weight is 449 g/mol. The Morgan fingerprint density at radius 2 is 1.88 bits per heavy atom. The van der Waals surface area contributed by atoms with Crippen molar-refractivity contribution in [2.45, 2.75) is 18.8 Å². The van der Waals surface area contributed by atoms with Crippen LogP contribution >= 0.6 is 0 Å². The summed E-state index contributed by atoms with van der Waals surface area (Å²) in [5.41, 5.74) is 2.90. The van der Waals surface area contributed by atoms with Crippen molar-refractivity contribution >= 4 is 28.4 Å². The van der Waals surface area contributed by atoms with E-state index in [0.717, 1.165) is 16.6 Å². The van der Waals surface area contributed by atoms with Crippen molar-refractivity contribution in [1.82, 2.24) is 24.5 Å². The number of hydrogen-bond donors (Lipinski definition) is 1. The van der Waals surface area contributed by atoms with Gasteiger partial charge in [0, 0.05) is 61.9 Å². The number of carbonyl (C=O) groups is 1. The van der Waals surface area contributed by atoms with E-state index < -0.39 is 5.92 Å². The minimum Gasteiger partial charge on any atom is -0.356 e. The summed E-state index contributed by atoms with van der Waals surface area (Å²) in [5, 5.41) is 3.62. The molecular formula is C23H21F2N7O. The first kappa shape index (κ1) is 20.9. The minimum absolute atomic E-state index is 0.198. The molecule has 0 bridgehead atoms. The molecule has 0 atom stereocenters. The van der Waals surface area contributed by atoms with E-state index in [9.17, 15) is 13.6 Å². The summed E-state index contributed by atoms with van der Waals surface area (Å²) in [6, 6.07) is 6.92. The number of amides is 1. The molecule has 0 aliphatic carbocycles. The van der Waals surface area contributed by atoms with Crippen LogP contribution in [-0.4, -0.2) is 49.4 Å². The van der Waals surface area contributed by atoms with E-state index in [2.05, 4.69) is 25.3 Å². The fraction of sp³-hybridized carbons (Fsp3) is 0.261. The number of aromatic nitrogens is 5.